The Kier molecular flexibility index (Phi) is 5.25. The van der Waals surface area contributed by atoms with Gasteiger partial charge in [-0.05, 0) is 42.5 Å². The molecule has 3 rings (SSSR count). The van der Waals surface area contributed by atoms with Crippen molar-refractivity contribution >= 4 is 23.0 Å². The van der Waals surface area contributed by atoms with Crippen LogP contribution in [-0.4, -0.2) is 10.9 Å². The molecular formula is C19H12F5N3O. The van der Waals surface area contributed by atoms with Gasteiger partial charge in [0.05, 0.1) is 5.56 Å². The van der Waals surface area contributed by atoms with Gasteiger partial charge < -0.3 is 10.6 Å². The molecule has 1 amide bonds. The van der Waals surface area contributed by atoms with Crippen LogP contribution in [0.25, 0.3) is 0 Å². The molecule has 0 unspecified atom stereocenters. The number of hydrogen-bond acceptors (Lipinski definition) is 3. The van der Waals surface area contributed by atoms with Crippen LogP contribution in [0.15, 0.2) is 60.8 Å². The second kappa shape index (κ2) is 7.63. The molecule has 2 aromatic carbocycles. The smallest absolute Gasteiger partial charge is 0.355 e. The molecule has 144 valence electrons. The highest BCUT2D eigenvalue weighted by molar-refractivity contribution is 6.03. The Bertz CT molecular complexity index is 1020. The summed E-state index contributed by atoms with van der Waals surface area (Å²) in [6.07, 6.45) is -3.24. The van der Waals surface area contributed by atoms with Gasteiger partial charge in [0, 0.05) is 29.3 Å². The number of nitrogens with one attached hydrogen (secondary N) is 2. The fourth-order valence-electron chi connectivity index (χ4n) is 2.34. The highest BCUT2D eigenvalue weighted by atomic mass is 19.4. The van der Waals surface area contributed by atoms with Crippen LogP contribution in [0.4, 0.5) is 39.0 Å². The minimum absolute atomic E-state index is 0.0411. The van der Waals surface area contributed by atoms with E-state index >= 15 is 0 Å². The van der Waals surface area contributed by atoms with E-state index < -0.39 is 29.3 Å². The molecule has 9 heteroatoms. The number of carbonyl (C=O) groups excluding carboxylic acids is 1. The van der Waals surface area contributed by atoms with Crippen molar-refractivity contribution in [2.45, 2.75) is 6.18 Å². The molecule has 0 radical (unpaired) electrons. The highest BCUT2D eigenvalue weighted by Gasteiger charge is 2.30. The molecule has 1 heterocycles. The van der Waals surface area contributed by atoms with Crippen LogP contribution in [0.2, 0.25) is 0 Å². The number of anilines is 3. The van der Waals surface area contributed by atoms with Gasteiger partial charge in [-0.1, -0.05) is 6.07 Å². The second-order valence-corrected chi connectivity index (χ2v) is 5.72. The van der Waals surface area contributed by atoms with Crippen LogP contribution in [-0.2, 0) is 6.18 Å². The molecule has 0 atom stereocenters. The first-order valence-electron chi connectivity index (χ1n) is 7.89. The van der Waals surface area contributed by atoms with E-state index in [9.17, 15) is 26.7 Å². The average molecular weight is 393 g/mol. The van der Waals surface area contributed by atoms with Crippen molar-refractivity contribution in [2.24, 2.45) is 0 Å². The molecule has 0 aliphatic carbocycles. The first kappa shape index (κ1) is 19.3. The first-order valence-corrected chi connectivity index (χ1v) is 7.89. The maximum atomic E-state index is 13.3. The number of amides is 1. The lowest BCUT2D eigenvalue weighted by molar-refractivity contribution is -0.137. The van der Waals surface area contributed by atoms with Gasteiger partial charge in [-0.2, -0.15) is 13.2 Å². The topological polar surface area (TPSA) is 54.0 Å². The summed E-state index contributed by atoms with van der Waals surface area (Å²) < 4.78 is 64.5. The van der Waals surface area contributed by atoms with Gasteiger partial charge >= 0.3 is 6.18 Å². The number of aromatic nitrogens is 1. The number of nitrogens with zero attached hydrogens (tertiary/aromatic N) is 1. The van der Waals surface area contributed by atoms with Gasteiger partial charge in [-0.25, -0.2) is 8.78 Å². The second-order valence-electron chi connectivity index (χ2n) is 5.72. The van der Waals surface area contributed by atoms with Crippen LogP contribution in [0.3, 0.4) is 0 Å². The number of carbonyl (C=O) groups is 1. The van der Waals surface area contributed by atoms with Gasteiger partial charge in [0.25, 0.3) is 5.91 Å². The van der Waals surface area contributed by atoms with E-state index in [1.54, 1.807) is 0 Å². The van der Waals surface area contributed by atoms with E-state index in [2.05, 4.69) is 15.6 Å². The Morgan fingerprint density at radius 1 is 0.857 bits per heavy atom. The SMILES string of the molecule is O=C(Nc1cccc(C(F)(F)F)c1)c1cc(Nc2ccc(F)c(F)c2)ccn1. The lowest BCUT2D eigenvalue weighted by atomic mass is 10.2. The van der Waals surface area contributed by atoms with Crippen molar-refractivity contribution in [2.75, 3.05) is 10.6 Å². The minimum atomic E-state index is -4.53. The zero-order valence-corrected chi connectivity index (χ0v) is 14.0. The predicted octanol–water partition coefficient (Wildman–Crippen LogP) is 5.37. The molecule has 0 aliphatic heterocycles. The molecule has 0 spiro atoms. The summed E-state index contributed by atoms with van der Waals surface area (Å²) in [6.45, 7) is 0. The Morgan fingerprint density at radius 2 is 1.61 bits per heavy atom. The highest BCUT2D eigenvalue weighted by Crippen LogP contribution is 2.30. The number of halogens is 5. The van der Waals surface area contributed by atoms with Crippen LogP contribution in [0.1, 0.15) is 16.1 Å². The number of hydrogen-bond donors (Lipinski definition) is 2. The summed E-state index contributed by atoms with van der Waals surface area (Å²) in [5.74, 6) is -2.77. The molecule has 0 bridgehead atoms. The lowest BCUT2D eigenvalue weighted by Crippen LogP contribution is -2.14. The monoisotopic (exact) mass is 393 g/mol. The number of benzene rings is 2. The van der Waals surface area contributed by atoms with E-state index in [-0.39, 0.29) is 17.1 Å². The summed E-state index contributed by atoms with van der Waals surface area (Å²) in [5.41, 5.74) is -0.415. The third-order valence-electron chi connectivity index (χ3n) is 3.65. The molecule has 0 fully saturated rings. The standard InChI is InChI=1S/C19H12F5N3O/c20-15-5-4-13(9-16(15)21)26-14-6-7-25-17(10-14)18(28)27-12-3-1-2-11(8-12)19(22,23)24/h1-10H,(H,25,26)(H,27,28). The van der Waals surface area contributed by atoms with Crippen LogP contribution in [0, 0.1) is 11.6 Å². The Balaban J connectivity index is 1.76. The van der Waals surface area contributed by atoms with Crippen molar-refractivity contribution in [1.29, 1.82) is 0 Å². The summed E-state index contributed by atoms with van der Waals surface area (Å²) in [4.78, 5) is 16.2. The van der Waals surface area contributed by atoms with Gasteiger partial charge in [0.2, 0.25) is 0 Å². The quantitative estimate of drug-likeness (QED) is 0.586. The normalized spacial score (nSPS) is 11.2. The average Bonchev–Trinajstić information content (AvgIpc) is 2.64. The fraction of sp³-hybridized carbons (Fsp3) is 0.0526. The van der Waals surface area contributed by atoms with Crippen molar-refractivity contribution < 1.29 is 26.7 Å². The Labute approximate surface area is 156 Å². The molecule has 0 saturated carbocycles. The van der Waals surface area contributed by atoms with E-state index in [1.165, 1.54) is 36.5 Å². The summed E-state index contributed by atoms with van der Waals surface area (Å²) in [5, 5.41) is 5.12. The van der Waals surface area contributed by atoms with Crippen LogP contribution in [0.5, 0.6) is 0 Å². The molecular weight excluding hydrogens is 381 g/mol. The van der Waals surface area contributed by atoms with Crippen molar-refractivity contribution in [1.82, 2.24) is 4.98 Å². The van der Waals surface area contributed by atoms with E-state index in [0.717, 1.165) is 24.3 Å². The Morgan fingerprint density at radius 3 is 2.32 bits per heavy atom. The van der Waals surface area contributed by atoms with Gasteiger partial charge in [-0.3, -0.25) is 9.78 Å². The lowest BCUT2D eigenvalue weighted by Gasteiger charge is -2.11. The largest absolute Gasteiger partial charge is 0.416 e. The molecule has 28 heavy (non-hydrogen) atoms. The molecule has 4 nitrogen and oxygen atoms in total. The molecule has 0 aliphatic rings. The van der Waals surface area contributed by atoms with E-state index in [4.69, 9.17) is 0 Å². The maximum absolute atomic E-state index is 13.3. The van der Waals surface area contributed by atoms with Crippen molar-refractivity contribution in [3.05, 3.63) is 83.7 Å². The number of alkyl halides is 3. The third kappa shape index (κ3) is 4.61. The fourth-order valence-corrected chi connectivity index (χ4v) is 2.34. The maximum Gasteiger partial charge on any atom is 0.416 e. The molecule has 2 N–H and O–H groups in total. The van der Waals surface area contributed by atoms with E-state index in [0.29, 0.717) is 5.69 Å². The number of rotatable bonds is 4. The summed E-state index contributed by atoms with van der Waals surface area (Å²) in [6, 6.07) is 10.2. The number of pyridine rings is 1. The minimum Gasteiger partial charge on any atom is -0.355 e. The zero-order valence-electron chi connectivity index (χ0n) is 14.0. The van der Waals surface area contributed by atoms with Gasteiger partial charge in [0.15, 0.2) is 11.6 Å². The summed E-state index contributed by atoms with van der Waals surface area (Å²) >= 11 is 0. The van der Waals surface area contributed by atoms with Crippen LogP contribution >= 0.6 is 0 Å². The van der Waals surface area contributed by atoms with Crippen LogP contribution < -0.4 is 10.6 Å². The Hall–Kier alpha value is -3.49. The van der Waals surface area contributed by atoms with Gasteiger partial charge in [-0.15, -0.1) is 0 Å². The molecule has 1 aromatic heterocycles. The zero-order chi connectivity index (χ0) is 20.3. The van der Waals surface area contributed by atoms with Crippen molar-refractivity contribution in [3.63, 3.8) is 0 Å². The van der Waals surface area contributed by atoms with E-state index in [1.807, 2.05) is 0 Å². The predicted molar refractivity (Wildman–Crippen MR) is 93.3 cm³/mol. The van der Waals surface area contributed by atoms with Crippen molar-refractivity contribution in [3.8, 4) is 0 Å². The summed E-state index contributed by atoms with van der Waals surface area (Å²) in [7, 11) is 0. The first-order chi connectivity index (χ1) is 13.2. The van der Waals surface area contributed by atoms with Gasteiger partial charge in [0.1, 0.15) is 5.69 Å². The molecule has 3 aromatic rings. The molecule has 0 saturated heterocycles. The third-order valence-corrected chi connectivity index (χ3v) is 3.65.